The van der Waals surface area contributed by atoms with E-state index in [-0.39, 0.29) is 12.5 Å². The van der Waals surface area contributed by atoms with Gasteiger partial charge in [0.1, 0.15) is 0 Å². The number of amides is 1. The van der Waals surface area contributed by atoms with Crippen LogP contribution < -0.4 is 0 Å². The molecule has 1 aliphatic rings. The molecule has 0 aromatic heterocycles. The number of rotatable bonds is 3. The summed E-state index contributed by atoms with van der Waals surface area (Å²) in [7, 11) is 0. The van der Waals surface area contributed by atoms with Gasteiger partial charge in [0.05, 0.1) is 13.2 Å². The lowest BCUT2D eigenvalue weighted by atomic mass is 10.2. The highest BCUT2D eigenvalue weighted by Gasteiger charge is 2.31. The molecule has 0 spiro atoms. The molecule has 5 nitrogen and oxygen atoms in total. The first-order chi connectivity index (χ1) is 9.58. The van der Waals surface area contributed by atoms with Crippen LogP contribution in [0.5, 0.6) is 0 Å². The first-order valence-electron chi connectivity index (χ1n) is 6.13. The van der Waals surface area contributed by atoms with Crippen LogP contribution in [-0.2, 0) is 14.3 Å². The van der Waals surface area contributed by atoms with E-state index in [1.807, 2.05) is 24.3 Å². The van der Waals surface area contributed by atoms with E-state index in [1.54, 1.807) is 6.08 Å². The first-order valence-corrected chi connectivity index (χ1v) is 6.92. The van der Waals surface area contributed by atoms with Crippen LogP contribution in [-0.4, -0.2) is 47.7 Å². The Morgan fingerprint density at radius 3 is 2.95 bits per heavy atom. The number of ether oxygens (including phenoxy) is 1. The van der Waals surface area contributed by atoms with E-state index < -0.39 is 12.0 Å². The van der Waals surface area contributed by atoms with Gasteiger partial charge in [0, 0.05) is 17.1 Å². The molecule has 6 heteroatoms. The van der Waals surface area contributed by atoms with E-state index in [2.05, 4.69) is 15.9 Å². The number of halogens is 1. The van der Waals surface area contributed by atoms with Crippen molar-refractivity contribution in [1.29, 1.82) is 0 Å². The van der Waals surface area contributed by atoms with Gasteiger partial charge < -0.3 is 14.7 Å². The zero-order valence-electron chi connectivity index (χ0n) is 10.7. The molecule has 1 fully saturated rings. The molecular weight excluding hydrogens is 326 g/mol. The molecule has 1 aliphatic heterocycles. The Morgan fingerprint density at radius 2 is 2.25 bits per heavy atom. The van der Waals surface area contributed by atoms with Crippen molar-refractivity contribution in [2.75, 3.05) is 19.8 Å². The molecule has 1 heterocycles. The molecule has 0 saturated carbocycles. The van der Waals surface area contributed by atoms with Gasteiger partial charge in [-0.3, -0.25) is 4.79 Å². The maximum absolute atomic E-state index is 12.1. The number of benzene rings is 1. The quantitative estimate of drug-likeness (QED) is 0.852. The minimum atomic E-state index is -1.05. The van der Waals surface area contributed by atoms with Crippen molar-refractivity contribution >= 4 is 33.9 Å². The number of carbonyl (C=O) groups excluding carboxylic acids is 1. The Morgan fingerprint density at radius 1 is 1.45 bits per heavy atom. The Kier molecular flexibility index (Phi) is 4.92. The number of hydrogen-bond acceptors (Lipinski definition) is 3. The van der Waals surface area contributed by atoms with E-state index in [0.717, 1.165) is 10.0 Å². The van der Waals surface area contributed by atoms with E-state index in [4.69, 9.17) is 9.84 Å². The van der Waals surface area contributed by atoms with Crippen LogP contribution in [0.1, 0.15) is 5.56 Å². The molecule has 1 aromatic rings. The van der Waals surface area contributed by atoms with Crippen molar-refractivity contribution in [3.63, 3.8) is 0 Å². The van der Waals surface area contributed by atoms with Gasteiger partial charge in [-0.05, 0) is 23.8 Å². The van der Waals surface area contributed by atoms with Crippen LogP contribution in [0.3, 0.4) is 0 Å². The van der Waals surface area contributed by atoms with Crippen LogP contribution >= 0.6 is 15.9 Å². The number of morpholine rings is 1. The second-order valence-electron chi connectivity index (χ2n) is 4.35. The normalized spacial score (nSPS) is 19.2. The number of carbonyl (C=O) groups is 2. The molecule has 1 N–H and O–H groups in total. The van der Waals surface area contributed by atoms with Crippen molar-refractivity contribution < 1.29 is 19.4 Å². The lowest BCUT2D eigenvalue weighted by molar-refractivity contribution is -0.156. The van der Waals surface area contributed by atoms with Gasteiger partial charge in [-0.2, -0.15) is 0 Å². The van der Waals surface area contributed by atoms with Crippen LogP contribution in [0.15, 0.2) is 34.8 Å². The molecule has 1 saturated heterocycles. The molecule has 2 rings (SSSR count). The third-order valence-corrected chi connectivity index (χ3v) is 3.46. The summed E-state index contributed by atoms with van der Waals surface area (Å²) in [5.74, 6) is -1.37. The monoisotopic (exact) mass is 339 g/mol. The van der Waals surface area contributed by atoms with Gasteiger partial charge in [-0.25, -0.2) is 4.79 Å². The molecule has 0 radical (unpaired) electrons. The number of carboxylic acids is 1. The lowest BCUT2D eigenvalue weighted by Crippen LogP contribution is -2.52. The van der Waals surface area contributed by atoms with E-state index in [9.17, 15) is 9.59 Å². The average Bonchev–Trinajstić information content (AvgIpc) is 2.45. The Hall–Kier alpha value is -1.66. The van der Waals surface area contributed by atoms with Crippen LogP contribution in [0.2, 0.25) is 0 Å². The van der Waals surface area contributed by atoms with Crippen LogP contribution in [0.25, 0.3) is 6.08 Å². The summed E-state index contributed by atoms with van der Waals surface area (Å²) in [4.78, 5) is 24.5. The number of hydrogen-bond donors (Lipinski definition) is 1. The molecule has 20 heavy (non-hydrogen) atoms. The minimum Gasteiger partial charge on any atom is -0.480 e. The van der Waals surface area contributed by atoms with Gasteiger partial charge in [0.15, 0.2) is 6.04 Å². The number of aliphatic carboxylic acids is 1. The molecule has 0 bridgehead atoms. The number of nitrogens with zero attached hydrogens (tertiary/aromatic N) is 1. The largest absolute Gasteiger partial charge is 0.480 e. The maximum Gasteiger partial charge on any atom is 0.328 e. The van der Waals surface area contributed by atoms with Crippen molar-refractivity contribution in [2.45, 2.75) is 6.04 Å². The fourth-order valence-electron chi connectivity index (χ4n) is 1.95. The summed E-state index contributed by atoms with van der Waals surface area (Å²) >= 11 is 3.35. The topological polar surface area (TPSA) is 66.8 Å². The lowest BCUT2D eigenvalue weighted by Gasteiger charge is -2.31. The Balaban J connectivity index is 2.08. The average molecular weight is 340 g/mol. The third-order valence-electron chi connectivity index (χ3n) is 2.96. The van der Waals surface area contributed by atoms with Gasteiger partial charge in [-0.1, -0.05) is 28.1 Å². The van der Waals surface area contributed by atoms with Crippen molar-refractivity contribution in [3.8, 4) is 0 Å². The van der Waals surface area contributed by atoms with Crippen molar-refractivity contribution in [2.24, 2.45) is 0 Å². The molecule has 106 valence electrons. The van der Waals surface area contributed by atoms with E-state index in [1.165, 1.54) is 11.0 Å². The maximum atomic E-state index is 12.1. The molecule has 1 atom stereocenters. The first kappa shape index (κ1) is 14.7. The standard InChI is InChI=1S/C14H14BrNO4/c15-11-3-1-2-10(8-11)4-5-13(17)16-6-7-20-9-12(16)14(18)19/h1-5,8,12H,6-7,9H2,(H,18,19). The highest BCUT2D eigenvalue weighted by molar-refractivity contribution is 9.10. The number of carboxylic acid groups (broad SMARTS) is 1. The van der Waals surface area contributed by atoms with Crippen molar-refractivity contribution in [1.82, 2.24) is 4.90 Å². The smallest absolute Gasteiger partial charge is 0.328 e. The van der Waals surface area contributed by atoms with Crippen molar-refractivity contribution in [3.05, 3.63) is 40.4 Å². The van der Waals surface area contributed by atoms with Gasteiger partial charge in [0.2, 0.25) is 5.91 Å². The highest BCUT2D eigenvalue weighted by Crippen LogP contribution is 2.14. The zero-order valence-corrected chi connectivity index (χ0v) is 12.2. The zero-order chi connectivity index (χ0) is 14.5. The van der Waals surface area contributed by atoms with E-state index >= 15 is 0 Å². The predicted molar refractivity (Wildman–Crippen MR) is 77.1 cm³/mol. The summed E-state index contributed by atoms with van der Waals surface area (Å²) in [6.07, 6.45) is 3.06. The summed E-state index contributed by atoms with van der Waals surface area (Å²) < 4.78 is 6.02. The minimum absolute atomic E-state index is 0.0335. The van der Waals surface area contributed by atoms with Gasteiger partial charge in [0.25, 0.3) is 0 Å². The van der Waals surface area contributed by atoms with Crippen LogP contribution in [0.4, 0.5) is 0 Å². The summed E-state index contributed by atoms with van der Waals surface area (Å²) in [6, 6.07) is 6.58. The Bertz CT molecular complexity index is 544. The fraction of sp³-hybridized carbons (Fsp3) is 0.286. The second-order valence-corrected chi connectivity index (χ2v) is 5.26. The summed E-state index contributed by atoms with van der Waals surface area (Å²) in [5.41, 5.74) is 0.868. The van der Waals surface area contributed by atoms with E-state index in [0.29, 0.717) is 13.2 Å². The molecule has 1 unspecified atom stereocenters. The molecule has 1 aromatic carbocycles. The van der Waals surface area contributed by atoms with Gasteiger partial charge in [-0.15, -0.1) is 0 Å². The third kappa shape index (κ3) is 3.68. The second kappa shape index (κ2) is 6.67. The highest BCUT2D eigenvalue weighted by atomic mass is 79.9. The molecule has 1 amide bonds. The van der Waals surface area contributed by atoms with Crippen LogP contribution in [0, 0.1) is 0 Å². The summed E-state index contributed by atoms with van der Waals surface area (Å²) in [6.45, 7) is 0.685. The Labute approximate surface area is 125 Å². The van der Waals surface area contributed by atoms with Gasteiger partial charge >= 0.3 is 5.97 Å². The predicted octanol–water partition coefficient (Wildman–Crippen LogP) is 1.77. The molecule has 0 aliphatic carbocycles. The molecular formula is C14H14BrNO4. The SMILES string of the molecule is O=C(O)C1COCCN1C(=O)C=Cc1cccc(Br)c1. The fourth-order valence-corrected chi connectivity index (χ4v) is 2.36. The summed E-state index contributed by atoms with van der Waals surface area (Å²) in [5, 5.41) is 9.08.